The smallest absolute Gasteiger partial charge is 0.0479 e. The SMILES string of the molecule is CCc1nccc2c(-c3cccc(C)c3)cccc12. The third-order valence-electron chi connectivity index (χ3n) is 3.55. The van der Waals surface area contributed by atoms with Crippen LogP contribution in [0.2, 0.25) is 0 Å². The highest BCUT2D eigenvalue weighted by molar-refractivity contribution is 5.97. The normalized spacial score (nSPS) is 10.8. The number of hydrogen-bond acceptors (Lipinski definition) is 1. The van der Waals surface area contributed by atoms with E-state index >= 15 is 0 Å². The average Bonchev–Trinajstić information content (AvgIpc) is 2.46. The molecule has 1 aromatic heterocycles. The van der Waals surface area contributed by atoms with Gasteiger partial charge in [0.15, 0.2) is 0 Å². The summed E-state index contributed by atoms with van der Waals surface area (Å²) in [5, 5.41) is 2.56. The number of rotatable bonds is 2. The van der Waals surface area contributed by atoms with E-state index in [-0.39, 0.29) is 0 Å². The molecule has 0 N–H and O–H groups in total. The molecule has 1 heteroatoms. The number of benzene rings is 2. The highest BCUT2D eigenvalue weighted by Crippen LogP contribution is 2.30. The van der Waals surface area contributed by atoms with Crippen LogP contribution in [0, 0.1) is 6.92 Å². The second-order valence-corrected chi connectivity index (χ2v) is 4.88. The Hall–Kier alpha value is -2.15. The summed E-state index contributed by atoms with van der Waals surface area (Å²) in [4.78, 5) is 4.48. The molecule has 0 saturated heterocycles. The van der Waals surface area contributed by atoms with E-state index in [4.69, 9.17) is 0 Å². The molecule has 0 radical (unpaired) electrons. The lowest BCUT2D eigenvalue weighted by Crippen LogP contribution is -1.90. The minimum Gasteiger partial charge on any atom is -0.261 e. The van der Waals surface area contributed by atoms with Crippen molar-refractivity contribution in [1.82, 2.24) is 4.98 Å². The zero-order valence-electron chi connectivity index (χ0n) is 11.4. The van der Waals surface area contributed by atoms with Crippen molar-refractivity contribution in [3.8, 4) is 11.1 Å². The van der Waals surface area contributed by atoms with Gasteiger partial charge in [-0.3, -0.25) is 4.98 Å². The van der Waals surface area contributed by atoms with Crippen LogP contribution >= 0.6 is 0 Å². The van der Waals surface area contributed by atoms with Crippen molar-refractivity contribution in [2.24, 2.45) is 0 Å². The molecule has 0 unspecified atom stereocenters. The summed E-state index contributed by atoms with van der Waals surface area (Å²) in [7, 11) is 0. The van der Waals surface area contributed by atoms with E-state index in [0.717, 1.165) is 6.42 Å². The molecule has 0 aliphatic heterocycles. The monoisotopic (exact) mass is 247 g/mol. The standard InChI is InChI=1S/C18H17N/c1-3-18-17-9-5-8-15(16(17)10-11-19-18)14-7-4-6-13(2)12-14/h4-12H,3H2,1-2H3. The van der Waals surface area contributed by atoms with Crippen molar-refractivity contribution < 1.29 is 0 Å². The largest absolute Gasteiger partial charge is 0.261 e. The first kappa shape index (κ1) is 11.9. The van der Waals surface area contributed by atoms with E-state index in [9.17, 15) is 0 Å². The molecule has 2 aromatic carbocycles. The van der Waals surface area contributed by atoms with Crippen molar-refractivity contribution >= 4 is 10.8 Å². The van der Waals surface area contributed by atoms with Crippen molar-refractivity contribution in [3.05, 3.63) is 66.0 Å². The summed E-state index contributed by atoms with van der Waals surface area (Å²) < 4.78 is 0. The number of aromatic nitrogens is 1. The van der Waals surface area contributed by atoms with Crippen LogP contribution in [-0.2, 0) is 6.42 Å². The molecule has 1 heterocycles. The highest BCUT2D eigenvalue weighted by Gasteiger charge is 2.06. The van der Waals surface area contributed by atoms with Gasteiger partial charge < -0.3 is 0 Å². The predicted molar refractivity (Wildman–Crippen MR) is 81.3 cm³/mol. The van der Waals surface area contributed by atoms with Crippen molar-refractivity contribution in [2.45, 2.75) is 20.3 Å². The molecule has 3 rings (SSSR count). The van der Waals surface area contributed by atoms with Crippen LogP contribution in [0.25, 0.3) is 21.9 Å². The Labute approximate surface area is 113 Å². The van der Waals surface area contributed by atoms with Gasteiger partial charge in [-0.1, -0.05) is 55.0 Å². The van der Waals surface area contributed by atoms with Gasteiger partial charge in [0.1, 0.15) is 0 Å². The lowest BCUT2D eigenvalue weighted by Gasteiger charge is -2.09. The van der Waals surface area contributed by atoms with E-state index in [2.05, 4.69) is 67.4 Å². The second kappa shape index (κ2) is 4.85. The molecule has 0 spiro atoms. The molecule has 0 aliphatic rings. The Morgan fingerprint density at radius 1 is 0.947 bits per heavy atom. The van der Waals surface area contributed by atoms with E-state index in [1.165, 1.54) is 33.2 Å². The Balaban J connectivity index is 2.30. The molecule has 0 bridgehead atoms. The maximum absolute atomic E-state index is 4.48. The Morgan fingerprint density at radius 3 is 2.58 bits per heavy atom. The third kappa shape index (κ3) is 2.12. The molecule has 94 valence electrons. The quantitative estimate of drug-likeness (QED) is 0.635. The molecule has 3 aromatic rings. The van der Waals surface area contributed by atoms with Gasteiger partial charge in [0.05, 0.1) is 0 Å². The summed E-state index contributed by atoms with van der Waals surface area (Å²) in [6.45, 7) is 4.29. The minimum atomic E-state index is 0.967. The second-order valence-electron chi connectivity index (χ2n) is 4.88. The zero-order valence-corrected chi connectivity index (χ0v) is 11.4. The Bertz CT molecular complexity index is 729. The number of hydrogen-bond donors (Lipinski definition) is 0. The van der Waals surface area contributed by atoms with E-state index < -0.39 is 0 Å². The van der Waals surface area contributed by atoms with Crippen molar-refractivity contribution in [1.29, 1.82) is 0 Å². The number of fused-ring (bicyclic) bond motifs is 1. The first-order valence-corrected chi connectivity index (χ1v) is 6.73. The van der Waals surface area contributed by atoms with E-state index in [0.29, 0.717) is 0 Å². The lowest BCUT2D eigenvalue weighted by atomic mass is 9.96. The average molecular weight is 247 g/mol. The van der Waals surface area contributed by atoms with Crippen LogP contribution in [0.4, 0.5) is 0 Å². The fourth-order valence-electron chi connectivity index (χ4n) is 2.61. The van der Waals surface area contributed by atoms with Crippen molar-refractivity contribution in [3.63, 3.8) is 0 Å². The molecular formula is C18H17N. The van der Waals surface area contributed by atoms with Crippen LogP contribution < -0.4 is 0 Å². The molecule has 1 nitrogen and oxygen atoms in total. The summed E-state index contributed by atoms with van der Waals surface area (Å²) in [5.41, 5.74) is 5.03. The summed E-state index contributed by atoms with van der Waals surface area (Å²) in [6.07, 6.45) is 2.88. The third-order valence-corrected chi connectivity index (χ3v) is 3.55. The molecule has 0 fully saturated rings. The van der Waals surface area contributed by atoms with Gasteiger partial charge in [-0.25, -0.2) is 0 Å². The van der Waals surface area contributed by atoms with Gasteiger partial charge in [0, 0.05) is 17.3 Å². The maximum atomic E-state index is 4.48. The van der Waals surface area contributed by atoms with Crippen molar-refractivity contribution in [2.75, 3.05) is 0 Å². The number of nitrogens with zero attached hydrogens (tertiary/aromatic N) is 1. The Kier molecular flexibility index (Phi) is 3.04. The first-order chi connectivity index (χ1) is 9.29. The predicted octanol–water partition coefficient (Wildman–Crippen LogP) is 4.77. The fourth-order valence-corrected chi connectivity index (χ4v) is 2.61. The van der Waals surface area contributed by atoms with Gasteiger partial charge in [-0.15, -0.1) is 0 Å². The molecular weight excluding hydrogens is 230 g/mol. The Morgan fingerprint density at radius 2 is 1.79 bits per heavy atom. The summed E-state index contributed by atoms with van der Waals surface area (Å²) >= 11 is 0. The van der Waals surface area contributed by atoms with Crippen LogP contribution in [0.1, 0.15) is 18.2 Å². The highest BCUT2D eigenvalue weighted by atomic mass is 14.7. The first-order valence-electron chi connectivity index (χ1n) is 6.73. The molecule has 0 aliphatic carbocycles. The van der Waals surface area contributed by atoms with Crippen LogP contribution in [0.15, 0.2) is 54.7 Å². The van der Waals surface area contributed by atoms with Crippen LogP contribution in [0.5, 0.6) is 0 Å². The van der Waals surface area contributed by atoms with Gasteiger partial charge in [-0.2, -0.15) is 0 Å². The maximum Gasteiger partial charge on any atom is 0.0479 e. The topological polar surface area (TPSA) is 12.9 Å². The van der Waals surface area contributed by atoms with E-state index in [1.54, 1.807) is 0 Å². The van der Waals surface area contributed by atoms with Gasteiger partial charge in [0.2, 0.25) is 0 Å². The molecule has 19 heavy (non-hydrogen) atoms. The molecule has 0 saturated carbocycles. The molecule has 0 atom stereocenters. The minimum absolute atomic E-state index is 0.967. The van der Waals surface area contributed by atoms with Crippen LogP contribution in [-0.4, -0.2) is 4.98 Å². The number of pyridine rings is 1. The van der Waals surface area contributed by atoms with Gasteiger partial charge in [0.25, 0.3) is 0 Å². The lowest BCUT2D eigenvalue weighted by molar-refractivity contribution is 1.06. The van der Waals surface area contributed by atoms with Crippen LogP contribution in [0.3, 0.4) is 0 Å². The summed E-state index contributed by atoms with van der Waals surface area (Å²) in [6, 6.07) is 17.3. The molecule has 0 amide bonds. The van der Waals surface area contributed by atoms with Gasteiger partial charge in [-0.05, 0) is 35.9 Å². The summed E-state index contributed by atoms with van der Waals surface area (Å²) in [5.74, 6) is 0. The zero-order chi connectivity index (χ0) is 13.2. The number of aryl methyl sites for hydroxylation is 2. The fraction of sp³-hybridized carbons (Fsp3) is 0.167. The van der Waals surface area contributed by atoms with Gasteiger partial charge >= 0.3 is 0 Å². The van der Waals surface area contributed by atoms with E-state index in [1.807, 2.05) is 6.20 Å².